The van der Waals surface area contributed by atoms with E-state index in [0.717, 1.165) is 10.9 Å². The molecule has 1 N–H and O–H groups in total. The summed E-state index contributed by atoms with van der Waals surface area (Å²) in [5.74, 6) is 0.452. The Labute approximate surface area is 205 Å². The van der Waals surface area contributed by atoms with Gasteiger partial charge < -0.3 is 23.9 Å². The van der Waals surface area contributed by atoms with Crippen LogP contribution < -0.4 is 14.8 Å². The molecule has 0 fully saturated rings. The van der Waals surface area contributed by atoms with Gasteiger partial charge in [0.1, 0.15) is 5.52 Å². The van der Waals surface area contributed by atoms with E-state index in [1.165, 1.54) is 6.92 Å². The quantitative estimate of drug-likeness (QED) is 0.329. The Kier molecular flexibility index (Phi) is 5.26. The maximum Gasteiger partial charge on any atom is 0.339 e. The Morgan fingerprint density at radius 1 is 0.944 bits per heavy atom. The molecule has 1 atom stereocenters. The summed E-state index contributed by atoms with van der Waals surface area (Å²) in [6, 6.07) is 23.5. The number of fused-ring (bicyclic) bond motifs is 3. The highest BCUT2D eigenvalue weighted by molar-refractivity contribution is 6.10. The number of carbonyl (C=O) groups is 2. The first-order valence-electron chi connectivity index (χ1n) is 11.4. The van der Waals surface area contributed by atoms with Crippen LogP contribution in [0.1, 0.15) is 17.3 Å². The Balaban J connectivity index is 1.28. The van der Waals surface area contributed by atoms with Crippen molar-refractivity contribution in [2.75, 3.05) is 12.1 Å². The third-order valence-electron chi connectivity index (χ3n) is 5.94. The van der Waals surface area contributed by atoms with Crippen LogP contribution in [-0.2, 0) is 9.53 Å². The topological polar surface area (TPSA) is 99.9 Å². The highest BCUT2D eigenvalue weighted by Gasteiger charge is 2.23. The highest BCUT2D eigenvalue weighted by Crippen LogP contribution is 2.35. The van der Waals surface area contributed by atoms with Crippen molar-refractivity contribution in [2.45, 2.75) is 13.0 Å². The Morgan fingerprint density at radius 3 is 2.61 bits per heavy atom. The van der Waals surface area contributed by atoms with E-state index < -0.39 is 18.0 Å². The van der Waals surface area contributed by atoms with E-state index in [0.29, 0.717) is 45.2 Å². The number of carbonyl (C=O) groups excluding carboxylic acids is 2. The molecular formula is C28H20N2O6. The lowest BCUT2D eigenvalue weighted by Gasteiger charge is -2.15. The Hall–Kier alpha value is -4.85. The van der Waals surface area contributed by atoms with Gasteiger partial charge in [0, 0.05) is 22.7 Å². The standard InChI is InChI=1S/C28H20N2O6/c1-16(26(31)29-18-12-13-23-24(14-18)34-15-33-23)35-28(32)20-9-5-7-17-6-4-8-19(25(17)20)27-30-21-10-2-3-11-22(21)36-27/h2-14,16H,15H2,1H3,(H,29,31). The van der Waals surface area contributed by atoms with Crippen LogP contribution >= 0.6 is 0 Å². The third kappa shape index (κ3) is 3.88. The van der Waals surface area contributed by atoms with Crippen LogP contribution in [0.25, 0.3) is 33.3 Å². The molecule has 36 heavy (non-hydrogen) atoms. The van der Waals surface area contributed by atoms with Gasteiger partial charge in [0.05, 0.1) is 5.56 Å². The molecule has 178 valence electrons. The van der Waals surface area contributed by atoms with Gasteiger partial charge in [-0.2, -0.15) is 0 Å². The van der Waals surface area contributed by atoms with Crippen LogP contribution in [0.5, 0.6) is 11.5 Å². The van der Waals surface area contributed by atoms with E-state index in [-0.39, 0.29) is 6.79 Å². The van der Waals surface area contributed by atoms with Crippen molar-refractivity contribution >= 4 is 39.4 Å². The van der Waals surface area contributed by atoms with E-state index in [1.807, 2.05) is 48.5 Å². The first-order valence-corrected chi connectivity index (χ1v) is 11.4. The molecule has 0 spiro atoms. The van der Waals surface area contributed by atoms with Gasteiger partial charge in [-0.25, -0.2) is 9.78 Å². The van der Waals surface area contributed by atoms with Crippen LogP contribution in [0, 0.1) is 0 Å². The third-order valence-corrected chi connectivity index (χ3v) is 5.94. The first kappa shape index (κ1) is 21.7. The Bertz CT molecular complexity index is 1600. The van der Waals surface area contributed by atoms with E-state index in [2.05, 4.69) is 10.3 Å². The summed E-state index contributed by atoms with van der Waals surface area (Å²) >= 11 is 0. The zero-order chi connectivity index (χ0) is 24.6. The molecule has 2 heterocycles. The van der Waals surface area contributed by atoms with E-state index in [9.17, 15) is 9.59 Å². The normalized spacial score (nSPS) is 13.0. The molecule has 5 aromatic rings. The number of hydrogen-bond donors (Lipinski definition) is 1. The molecule has 0 radical (unpaired) electrons. The first-order chi connectivity index (χ1) is 17.6. The summed E-state index contributed by atoms with van der Waals surface area (Å²) < 4.78 is 22.2. The highest BCUT2D eigenvalue weighted by atomic mass is 16.7. The van der Waals surface area contributed by atoms with Crippen molar-refractivity contribution < 1.29 is 28.2 Å². The predicted octanol–water partition coefficient (Wildman–Crippen LogP) is 5.56. The van der Waals surface area contributed by atoms with Crippen molar-refractivity contribution in [3.63, 3.8) is 0 Å². The van der Waals surface area contributed by atoms with Crippen molar-refractivity contribution in [2.24, 2.45) is 0 Å². The van der Waals surface area contributed by atoms with E-state index in [4.69, 9.17) is 18.6 Å². The molecule has 8 heteroatoms. The monoisotopic (exact) mass is 480 g/mol. The van der Waals surface area contributed by atoms with Gasteiger partial charge in [0.2, 0.25) is 12.7 Å². The van der Waals surface area contributed by atoms with Gasteiger partial charge in [-0.05, 0) is 48.7 Å². The molecule has 8 nitrogen and oxygen atoms in total. The van der Waals surface area contributed by atoms with Crippen LogP contribution in [0.2, 0.25) is 0 Å². The van der Waals surface area contributed by atoms with E-state index in [1.54, 1.807) is 30.3 Å². The van der Waals surface area contributed by atoms with Crippen LogP contribution in [-0.4, -0.2) is 29.8 Å². The molecule has 4 aromatic carbocycles. The van der Waals surface area contributed by atoms with Crippen molar-refractivity contribution in [3.05, 3.63) is 84.4 Å². The minimum absolute atomic E-state index is 0.136. The fourth-order valence-corrected chi connectivity index (χ4v) is 4.17. The molecule has 0 aliphatic carbocycles. The number of amides is 1. The Morgan fingerprint density at radius 2 is 1.75 bits per heavy atom. The molecule has 0 bridgehead atoms. The number of rotatable bonds is 5. The van der Waals surface area contributed by atoms with Gasteiger partial charge in [0.25, 0.3) is 5.91 Å². The largest absolute Gasteiger partial charge is 0.454 e. The zero-order valence-corrected chi connectivity index (χ0v) is 19.2. The smallest absolute Gasteiger partial charge is 0.339 e. The van der Waals surface area contributed by atoms with Gasteiger partial charge in [-0.1, -0.05) is 36.4 Å². The van der Waals surface area contributed by atoms with Gasteiger partial charge in [-0.3, -0.25) is 4.79 Å². The fourth-order valence-electron chi connectivity index (χ4n) is 4.17. The number of benzene rings is 4. The molecule has 1 unspecified atom stereocenters. The molecule has 1 aromatic heterocycles. The number of para-hydroxylation sites is 2. The molecule has 6 rings (SSSR count). The number of hydrogen-bond acceptors (Lipinski definition) is 7. The summed E-state index contributed by atoms with van der Waals surface area (Å²) in [6.45, 7) is 1.66. The molecule has 1 aliphatic rings. The lowest BCUT2D eigenvalue weighted by Crippen LogP contribution is -2.30. The predicted molar refractivity (Wildman–Crippen MR) is 133 cm³/mol. The maximum absolute atomic E-state index is 13.2. The number of aromatic nitrogens is 1. The second-order valence-corrected chi connectivity index (χ2v) is 8.30. The number of nitrogens with zero attached hydrogens (tertiary/aromatic N) is 1. The molecule has 1 aliphatic heterocycles. The lowest BCUT2D eigenvalue weighted by atomic mass is 9.99. The molecular weight excluding hydrogens is 460 g/mol. The van der Waals surface area contributed by atoms with E-state index >= 15 is 0 Å². The van der Waals surface area contributed by atoms with Crippen molar-refractivity contribution in [1.29, 1.82) is 0 Å². The lowest BCUT2D eigenvalue weighted by molar-refractivity contribution is -0.123. The average molecular weight is 480 g/mol. The minimum atomic E-state index is -1.05. The number of esters is 1. The number of ether oxygens (including phenoxy) is 3. The summed E-state index contributed by atoms with van der Waals surface area (Å²) in [5.41, 5.74) is 2.86. The second kappa shape index (κ2) is 8.74. The second-order valence-electron chi connectivity index (χ2n) is 8.30. The summed E-state index contributed by atoms with van der Waals surface area (Å²) in [5, 5.41) is 4.20. The maximum atomic E-state index is 13.2. The summed E-state index contributed by atoms with van der Waals surface area (Å²) in [6.07, 6.45) is -1.05. The zero-order valence-electron chi connectivity index (χ0n) is 19.2. The van der Waals surface area contributed by atoms with Crippen LogP contribution in [0.4, 0.5) is 5.69 Å². The number of oxazole rings is 1. The average Bonchev–Trinajstić information content (AvgIpc) is 3.54. The fraction of sp³-hybridized carbons (Fsp3) is 0.107. The number of nitrogens with one attached hydrogen (secondary N) is 1. The van der Waals surface area contributed by atoms with Gasteiger partial charge in [-0.15, -0.1) is 0 Å². The van der Waals surface area contributed by atoms with Crippen molar-refractivity contribution in [3.8, 4) is 23.0 Å². The van der Waals surface area contributed by atoms with Gasteiger partial charge in [0.15, 0.2) is 23.2 Å². The molecule has 0 saturated carbocycles. The van der Waals surface area contributed by atoms with Crippen molar-refractivity contribution in [1.82, 2.24) is 4.98 Å². The molecule has 0 saturated heterocycles. The number of anilines is 1. The van der Waals surface area contributed by atoms with Crippen LogP contribution in [0.15, 0.2) is 83.3 Å². The van der Waals surface area contributed by atoms with Crippen LogP contribution in [0.3, 0.4) is 0 Å². The SMILES string of the molecule is CC(OC(=O)c1cccc2cccc(-c3nc4ccccc4o3)c12)C(=O)Nc1ccc2c(c1)OCO2. The molecule has 1 amide bonds. The summed E-state index contributed by atoms with van der Waals surface area (Å²) in [7, 11) is 0. The summed E-state index contributed by atoms with van der Waals surface area (Å²) in [4.78, 5) is 30.6. The minimum Gasteiger partial charge on any atom is -0.454 e. The van der Waals surface area contributed by atoms with Gasteiger partial charge >= 0.3 is 5.97 Å².